The highest BCUT2D eigenvalue weighted by molar-refractivity contribution is 7.89. The largest absolute Gasteiger partial charge is 0.339 e. The van der Waals surface area contributed by atoms with Crippen molar-refractivity contribution in [2.45, 2.75) is 69.2 Å². The standard InChI is InChI=1S/C21H29ClN2O3S/c1-16-18(22)8-5-9-19(16)28(26,27)23-13-10-21(11-14-23)12-15-24(20(21)25)17-6-3-2-4-7-17/h5,8-9,17H,2-4,6-7,10-15H2,1H3. The molecule has 2 heterocycles. The summed E-state index contributed by atoms with van der Waals surface area (Å²) < 4.78 is 27.8. The smallest absolute Gasteiger partial charge is 0.243 e. The minimum atomic E-state index is -3.59. The molecular weight excluding hydrogens is 396 g/mol. The van der Waals surface area contributed by atoms with Crippen molar-refractivity contribution in [3.05, 3.63) is 28.8 Å². The molecule has 154 valence electrons. The summed E-state index contributed by atoms with van der Waals surface area (Å²) in [6.45, 7) is 3.38. The van der Waals surface area contributed by atoms with E-state index < -0.39 is 10.0 Å². The fraction of sp³-hybridized carbons (Fsp3) is 0.667. The van der Waals surface area contributed by atoms with Crippen LogP contribution in [-0.2, 0) is 14.8 Å². The molecule has 1 aliphatic carbocycles. The number of benzene rings is 1. The maximum Gasteiger partial charge on any atom is 0.243 e. The van der Waals surface area contributed by atoms with Gasteiger partial charge in [0.15, 0.2) is 0 Å². The van der Waals surface area contributed by atoms with Gasteiger partial charge in [-0.25, -0.2) is 8.42 Å². The average Bonchev–Trinajstić information content (AvgIpc) is 3.01. The van der Waals surface area contributed by atoms with Crippen LogP contribution in [0.5, 0.6) is 0 Å². The summed E-state index contributed by atoms with van der Waals surface area (Å²) in [5.74, 6) is 0.274. The normalized spacial score (nSPS) is 24.2. The minimum Gasteiger partial charge on any atom is -0.339 e. The number of sulfonamides is 1. The lowest BCUT2D eigenvalue weighted by Crippen LogP contribution is -2.48. The Morgan fingerprint density at radius 2 is 1.68 bits per heavy atom. The predicted octanol–water partition coefficient (Wildman–Crippen LogP) is 3.98. The third-order valence-corrected chi connectivity index (χ3v) is 9.53. The van der Waals surface area contributed by atoms with Gasteiger partial charge in [0.2, 0.25) is 15.9 Å². The van der Waals surface area contributed by atoms with Gasteiger partial charge in [0.1, 0.15) is 0 Å². The highest BCUT2D eigenvalue weighted by atomic mass is 35.5. The van der Waals surface area contributed by atoms with E-state index in [1.54, 1.807) is 25.1 Å². The molecule has 2 saturated heterocycles. The molecule has 4 rings (SSSR count). The molecule has 1 aromatic carbocycles. The number of amides is 1. The lowest BCUT2D eigenvalue weighted by molar-refractivity contribution is -0.140. The molecule has 5 nitrogen and oxygen atoms in total. The second-order valence-electron chi connectivity index (χ2n) is 8.59. The fourth-order valence-corrected chi connectivity index (χ4v) is 7.13. The summed E-state index contributed by atoms with van der Waals surface area (Å²) in [6.07, 6.45) is 8.05. The van der Waals surface area contributed by atoms with Crippen molar-refractivity contribution >= 4 is 27.5 Å². The predicted molar refractivity (Wildman–Crippen MR) is 110 cm³/mol. The quantitative estimate of drug-likeness (QED) is 0.737. The molecule has 1 saturated carbocycles. The first kappa shape index (κ1) is 20.2. The third-order valence-electron chi connectivity index (χ3n) is 7.08. The van der Waals surface area contributed by atoms with Gasteiger partial charge in [0.05, 0.1) is 10.3 Å². The molecule has 0 atom stereocenters. The van der Waals surface area contributed by atoms with Crippen molar-refractivity contribution in [1.82, 2.24) is 9.21 Å². The first-order valence-electron chi connectivity index (χ1n) is 10.4. The van der Waals surface area contributed by atoms with Crippen molar-refractivity contribution in [3.63, 3.8) is 0 Å². The van der Waals surface area contributed by atoms with Crippen molar-refractivity contribution < 1.29 is 13.2 Å². The molecule has 7 heteroatoms. The summed E-state index contributed by atoms with van der Waals surface area (Å²) in [5.41, 5.74) is 0.234. The highest BCUT2D eigenvalue weighted by Gasteiger charge is 2.50. The Balaban J connectivity index is 1.47. The van der Waals surface area contributed by atoms with E-state index in [1.807, 2.05) is 0 Å². The van der Waals surface area contributed by atoms with Crippen LogP contribution >= 0.6 is 11.6 Å². The molecule has 0 radical (unpaired) electrons. The first-order valence-corrected chi connectivity index (χ1v) is 12.2. The van der Waals surface area contributed by atoms with Gasteiger partial charge in [-0.2, -0.15) is 4.31 Å². The minimum absolute atomic E-state index is 0.274. The first-order chi connectivity index (χ1) is 13.3. The molecule has 0 unspecified atom stereocenters. The zero-order valence-electron chi connectivity index (χ0n) is 16.5. The number of rotatable bonds is 3. The van der Waals surface area contributed by atoms with Gasteiger partial charge in [-0.1, -0.05) is 36.9 Å². The number of hydrogen-bond donors (Lipinski definition) is 0. The number of nitrogens with zero attached hydrogens (tertiary/aromatic N) is 2. The number of hydrogen-bond acceptors (Lipinski definition) is 3. The van der Waals surface area contributed by atoms with E-state index in [9.17, 15) is 13.2 Å². The number of carbonyl (C=O) groups excluding carboxylic acids is 1. The van der Waals surface area contributed by atoms with Gasteiger partial charge < -0.3 is 4.90 Å². The molecule has 3 aliphatic rings. The summed E-state index contributed by atoms with van der Waals surface area (Å²) in [4.78, 5) is 15.6. The number of halogens is 1. The second kappa shape index (κ2) is 7.62. The molecule has 1 amide bonds. The Labute approximate surface area is 173 Å². The summed E-state index contributed by atoms with van der Waals surface area (Å²) in [5, 5.41) is 0.462. The zero-order chi connectivity index (χ0) is 19.9. The van der Waals surface area contributed by atoms with Crippen LogP contribution in [0, 0.1) is 12.3 Å². The van der Waals surface area contributed by atoms with Crippen LogP contribution in [0.2, 0.25) is 5.02 Å². The number of piperidine rings is 1. The van der Waals surface area contributed by atoms with Gasteiger partial charge >= 0.3 is 0 Å². The molecule has 28 heavy (non-hydrogen) atoms. The van der Waals surface area contributed by atoms with Crippen molar-refractivity contribution in [2.75, 3.05) is 19.6 Å². The van der Waals surface area contributed by atoms with E-state index in [4.69, 9.17) is 11.6 Å². The van der Waals surface area contributed by atoms with E-state index in [0.717, 1.165) is 25.8 Å². The van der Waals surface area contributed by atoms with Crippen molar-refractivity contribution in [3.8, 4) is 0 Å². The summed E-state index contributed by atoms with van der Waals surface area (Å²) in [7, 11) is -3.59. The SMILES string of the molecule is Cc1c(Cl)cccc1S(=O)(=O)N1CCC2(CCN(C3CCCCC3)C2=O)CC1. The number of carbonyl (C=O) groups is 1. The Bertz CT molecular complexity index is 856. The molecule has 2 aliphatic heterocycles. The highest BCUT2D eigenvalue weighted by Crippen LogP contribution is 2.44. The van der Waals surface area contributed by atoms with Gasteiger partial charge in [-0.3, -0.25) is 4.79 Å². The van der Waals surface area contributed by atoms with E-state index in [2.05, 4.69) is 4.90 Å². The number of likely N-dealkylation sites (tertiary alicyclic amines) is 1. The monoisotopic (exact) mass is 424 g/mol. The Kier molecular flexibility index (Phi) is 5.49. The second-order valence-corrected chi connectivity index (χ2v) is 10.9. The van der Waals surface area contributed by atoms with Gasteiger partial charge in [0, 0.05) is 30.7 Å². The van der Waals surface area contributed by atoms with Crippen LogP contribution in [0.25, 0.3) is 0 Å². The maximum absolute atomic E-state index is 13.2. The van der Waals surface area contributed by atoms with Gasteiger partial charge in [0.25, 0.3) is 0 Å². The molecule has 1 aromatic rings. The Morgan fingerprint density at radius 1 is 1.04 bits per heavy atom. The van der Waals surface area contributed by atoms with Crippen LogP contribution in [0.1, 0.15) is 56.9 Å². The molecule has 0 aromatic heterocycles. The lowest BCUT2D eigenvalue weighted by Gasteiger charge is -2.38. The zero-order valence-corrected chi connectivity index (χ0v) is 18.1. The fourth-order valence-electron chi connectivity index (χ4n) is 5.21. The van der Waals surface area contributed by atoms with Crippen LogP contribution in [-0.4, -0.2) is 49.2 Å². The van der Waals surface area contributed by atoms with Crippen LogP contribution < -0.4 is 0 Å². The summed E-state index contributed by atoms with van der Waals surface area (Å²) >= 11 is 6.13. The van der Waals surface area contributed by atoms with E-state index in [-0.39, 0.29) is 16.2 Å². The average molecular weight is 425 g/mol. The molecule has 3 fully saturated rings. The van der Waals surface area contributed by atoms with E-state index in [1.165, 1.54) is 23.6 Å². The third kappa shape index (κ3) is 3.37. The topological polar surface area (TPSA) is 57.7 Å². The van der Waals surface area contributed by atoms with Gasteiger partial charge in [-0.05, 0) is 56.7 Å². The molecule has 0 bridgehead atoms. The Hall–Kier alpha value is -1.11. The molecule has 0 N–H and O–H groups in total. The van der Waals surface area contributed by atoms with Gasteiger partial charge in [-0.15, -0.1) is 0 Å². The van der Waals surface area contributed by atoms with E-state index in [0.29, 0.717) is 42.6 Å². The van der Waals surface area contributed by atoms with E-state index >= 15 is 0 Å². The van der Waals surface area contributed by atoms with Crippen LogP contribution in [0.4, 0.5) is 0 Å². The molecule has 1 spiro atoms. The maximum atomic E-state index is 13.2. The van der Waals surface area contributed by atoms with Crippen molar-refractivity contribution in [1.29, 1.82) is 0 Å². The lowest BCUT2D eigenvalue weighted by atomic mass is 9.77. The van der Waals surface area contributed by atoms with Crippen LogP contribution in [0.15, 0.2) is 23.1 Å². The summed E-state index contributed by atoms with van der Waals surface area (Å²) in [6, 6.07) is 5.40. The van der Waals surface area contributed by atoms with Crippen LogP contribution in [0.3, 0.4) is 0 Å². The van der Waals surface area contributed by atoms with Crippen molar-refractivity contribution in [2.24, 2.45) is 5.41 Å². The molecular formula is C21H29ClN2O3S. The Morgan fingerprint density at radius 3 is 2.36 bits per heavy atom.